The van der Waals surface area contributed by atoms with Crippen LogP contribution in [-0.2, 0) is 14.8 Å². The number of aliphatic hydroxyl groups is 1. The molecule has 0 radical (unpaired) electrons. The molecule has 3 aromatic carbocycles. The van der Waals surface area contributed by atoms with Gasteiger partial charge in [0.2, 0.25) is 5.88 Å². The molecular weight excluding hydrogens is 897 g/mol. The summed E-state index contributed by atoms with van der Waals surface area (Å²) in [6.07, 6.45) is 13.0. The number of benzene rings is 3. The zero-order valence-corrected chi connectivity index (χ0v) is 39.8. The van der Waals surface area contributed by atoms with Crippen LogP contribution in [0.5, 0.6) is 5.88 Å². The first-order chi connectivity index (χ1) is 33.3. The van der Waals surface area contributed by atoms with E-state index in [1.807, 2.05) is 42.2 Å². The third kappa shape index (κ3) is 8.61. The van der Waals surface area contributed by atoms with E-state index in [2.05, 4.69) is 55.7 Å². The summed E-state index contributed by atoms with van der Waals surface area (Å²) in [5.41, 5.74) is 4.66. The number of hydrogen-bond acceptors (Lipinski definition) is 13. The smallest absolute Gasteiger partial charge is 0.293 e. The number of pyridine rings is 1. The molecule has 2 saturated carbocycles. The summed E-state index contributed by atoms with van der Waals surface area (Å²) < 4.78 is 42.9. The van der Waals surface area contributed by atoms with E-state index in [1.165, 1.54) is 48.9 Å². The molecule has 5 aromatic rings. The van der Waals surface area contributed by atoms with Crippen LogP contribution in [0.25, 0.3) is 17.1 Å². The number of likely N-dealkylation sites (tertiary alicyclic amines) is 1. The first kappa shape index (κ1) is 45.4. The van der Waals surface area contributed by atoms with E-state index in [4.69, 9.17) is 14.5 Å². The molecule has 2 aliphatic carbocycles. The number of hydrogen-bond donors (Lipinski definition) is 4. The lowest BCUT2D eigenvalue weighted by atomic mass is 9.59. The number of rotatable bonds is 12. The molecule has 69 heavy (non-hydrogen) atoms. The summed E-state index contributed by atoms with van der Waals surface area (Å²) in [5.74, 6) is -0.322. The second-order valence-corrected chi connectivity index (χ2v) is 22.2. The van der Waals surface area contributed by atoms with Crippen LogP contribution in [0.4, 0.5) is 28.4 Å². The number of carbonyl (C=O) groups excluding carboxylic acids is 1. The SMILES string of the molecule is C=Cc1ccccc1[C@@H]1CCCN1C1CC2(CCN(c3ccc(C(=O)NS(=O)(=O)c4ccc(NCC5CCC(C)(O)CC5)c([N+](=O)[O-])c4)c(N4c5cc6cc[nH]c6nc5O[C@@H]5COC[C@@H]54)c3)CC2)C1. The average molecular weight is 957 g/mol. The van der Waals surface area contributed by atoms with E-state index in [0.29, 0.717) is 67.6 Å². The summed E-state index contributed by atoms with van der Waals surface area (Å²) in [7, 11) is -4.61. The van der Waals surface area contributed by atoms with Crippen molar-refractivity contribution in [2.45, 2.75) is 106 Å². The summed E-state index contributed by atoms with van der Waals surface area (Å²) in [4.78, 5) is 41.0. The van der Waals surface area contributed by atoms with Gasteiger partial charge in [-0.05, 0) is 143 Å². The fourth-order valence-electron chi connectivity index (χ4n) is 12.2. The van der Waals surface area contributed by atoms with Crippen LogP contribution in [0, 0.1) is 21.4 Å². The summed E-state index contributed by atoms with van der Waals surface area (Å²) >= 11 is 0. The lowest BCUT2D eigenvalue weighted by molar-refractivity contribution is -0.384. The predicted molar refractivity (Wildman–Crippen MR) is 265 cm³/mol. The van der Waals surface area contributed by atoms with E-state index in [1.54, 1.807) is 12.3 Å². The summed E-state index contributed by atoms with van der Waals surface area (Å²) in [6, 6.07) is 22.3. The largest absolute Gasteiger partial charge is 0.468 e. The van der Waals surface area contributed by atoms with Crippen LogP contribution in [-0.4, -0.2) is 102 Å². The number of nitrogens with zero attached hydrogens (tertiary/aromatic N) is 5. The Morgan fingerprint density at radius 2 is 1.80 bits per heavy atom. The number of nitro groups is 1. The Bertz CT molecular complexity index is 2910. The maximum atomic E-state index is 14.6. The van der Waals surface area contributed by atoms with Gasteiger partial charge < -0.3 is 34.7 Å². The highest BCUT2D eigenvalue weighted by molar-refractivity contribution is 7.90. The van der Waals surface area contributed by atoms with Gasteiger partial charge in [0.15, 0.2) is 0 Å². The number of anilines is 4. The van der Waals surface area contributed by atoms with Gasteiger partial charge in [0.05, 0.1) is 45.9 Å². The van der Waals surface area contributed by atoms with Crippen LogP contribution in [0.1, 0.15) is 98.7 Å². The Hall–Kier alpha value is -6.01. The summed E-state index contributed by atoms with van der Waals surface area (Å²) in [5, 5.41) is 26.7. The average Bonchev–Trinajstić information content (AvgIpc) is 4.13. The van der Waals surface area contributed by atoms with Crippen molar-refractivity contribution in [2.24, 2.45) is 11.3 Å². The van der Waals surface area contributed by atoms with E-state index in [9.17, 15) is 28.4 Å². The fraction of sp³-hybridized carbons (Fsp3) is 0.462. The van der Waals surface area contributed by atoms with Crippen molar-refractivity contribution in [3.05, 3.63) is 112 Å². The first-order valence-electron chi connectivity index (χ1n) is 24.5. The second kappa shape index (κ2) is 17.7. The number of piperidine rings is 1. The lowest BCUT2D eigenvalue weighted by Gasteiger charge is -2.56. The molecule has 6 heterocycles. The Kier molecular flexibility index (Phi) is 11.7. The fourth-order valence-corrected chi connectivity index (χ4v) is 13.2. The lowest BCUT2D eigenvalue weighted by Crippen LogP contribution is -2.55. The predicted octanol–water partition coefficient (Wildman–Crippen LogP) is 8.47. The molecule has 5 fully saturated rings. The number of aromatic nitrogens is 2. The second-order valence-electron chi connectivity index (χ2n) is 20.5. The van der Waals surface area contributed by atoms with Crippen molar-refractivity contribution < 1.29 is 32.7 Å². The molecule has 16 nitrogen and oxygen atoms in total. The van der Waals surface area contributed by atoms with E-state index in [0.717, 1.165) is 62.5 Å². The normalized spacial score (nSPS) is 25.7. The van der Waals surface area contributed by atoms with Crippen LogP contribution in [0.2, 0.25) is 0 Å². The van der Waals surface area contributed by atoms with Crippen molar-refractivity contribution >= 4 is 61.5 Å². The molecule has 6 aliphatic rings. The van der Waals surface area contributed by atoms with Gasteiger partial charge in [-0.3, -0.25) is 19.8 Å². The van der Waals surface area contributed by atoms with Crippen LogP contribution in [0.3, 0.4) is 0 Å². The third-order valence-corrected chi connectivity index (χ3v) is 17.5. The molecular formula is C52H60N8O8S. The molecule has 1 amide bonds. The minimum atomic E-state index is -4.61. The quantitative estimate of drug-likeness (QED) is 0.0688. The number of H-pyrrole nitrogens is 1. The van der Waals surface area contributed by atoms with Gasteiger partial charge in [0.25, 0.3) is 21.6 Å². The highest BCUT2D eigenvalue weighted by Gasteiger charge is 2.50. The van der Waals surface area contributed by atoms with Gasteiger partial charge in [-0.1, -0.05) is 36.9 Å². The van der Waals surface area contributed by atoms with Crippen molar-refractivity contribution in [3.8, 4) is 5.88 Å². The minimum absolute atomic E-state index is 0.0998. The van der Waals surface area contributed by atoms with Crippen molar-refractivity contribution in [3.63, 3.8) is 0 Å². The molecule has 11 rings (SSSR count). The number of carbonyl (C=O) groups is 1. The molecule has 3 atom stereocenters. The number of aromatic amines is 1. The van der Waals surface area contributed by atoms with Gasteiger partial charge in [0, 0.05) is 55.1 Å². The Balaban J connectivity index is 0.859. The molecule has 3 saturated heterocycles. The van der Waals surface area contributed by atoms with Gasteiger partial charge in [-0.15, -0.1) is 0 Å². The first-order valence-corrected chi connectivity index (χ1v) is 26.0. The van der Waals surface area contributed by atoms with Crippen LogP contribution < -0.4 is 24.6 Å². The van der Waals surface area contributed by atoms with Crippen LogP contribution >= 0.6 is 0 Å². The zero-order chi connectivity index (χ0) is 47.7. The molecule has 0 unspecified atom stereocenters. The Morgan fingerprint density at radius 1 is 1.00 bits per heavy atom. The zero-order valence-electron chi connectivity index (χ0n) is 38.9. The number of amides is 1. The minimum Gasteiger partial charge on any atom is -0.468 e. The molecule has 4 N–H and O–H groups in total. The van der Waals surface area contributed by atoms with Crippen molar-refractivity contribution in [1.29, 1.82) is 0 Å². The topological polar surface area (TPSA) is 196 Å². The monoisotopic (exact) mass is 956 g/mol. The highest BCUT2D eigenvalue weighted by atomic mass is 32.2. The van der Waals surface area contributed by atoms with Gasteiger partial charge >= 0.3 is 0 Å². The van der Waals surface area contributed by atoms with Gasteiger partial charge in [0.1, 0.15) is 23.1 Å². The maximum Gasteiger partial charge on any atom is 0.293 e. The van der Waals surface area contributed by atoms with E-state index in [-0.39, 0.29) is 28.6 Å². The number of nitrogens with one attached hydrogen (secondary N) is 3. The van der Waals surface area contributed by atoms with E-state index >= 15 is 0 Å². The van der Waals surface area contributed by atoms with Gasteiger partial charge in [-0.25, -0.2) is 13.1 Å². The number of ether oxygens (including phenoxy) is 2. The molecule has 362 valence electrons. The third-order valence-electron chi connectivity index (χ3n) is 16.2. The number of nitro benzene ring substituents is 1. The highest BCUT2D eigenvalue weighted by Crippen LogP contribution is 2.54. The number of fused-ring (bicyclic) bond motifs is 3. The standard InChI is InChI=1S/C52H60N8O8S/c1-3-34-7-4-5-8-39(34)42-9-6-22-58(42)37-28-52(29-37)19-23-57(24-20-52)36-10-12-40(43(26-36)59-45-25-35-16-21-53-48(35)55-50(45)68-47-32-67-31-46(47)59)49(61)56-69(65,66)38-11-13-41(44(27-38)60(63)64)54-30-33-14-17-51(2,62)18-15-33/h3-5,7-8,10-13,16,21,25-27,33,37,42,46-47,54,62H,1,6,9,14-15,17-20,22-24,28-32H2,2H3,(H,53,55)(H,56,61)/t33?,42-,46-,47+,51?/m0/s1. The molecule has 17 heteroatoms. The molecule has 2 aromatic heterocycles. The van der Waals surface area contributed by atoms with Crippen molar-refractivity contribution in [1.82, 2.24) is 19.6 Å². The summed E-state index contributed by atoms with van der Waals surface area (Å²) in [6.45, 7) is 9.74. The van der Waals surface area contributed by atoms with E-state index < -0.39 is 43.1 Å². The van der Waals surface area contributed by atoms with Crippen molar-refractivity contribution in [2.75, 3.05) is 54.5 Å². The Morgan fingerprint density at radius 3 is 2.58 bits per heavy atom. The Labute approximate surface area is 402 Å². The molecule has 0 bridgehead atoms. The maximum absolute atomic E-state index is 14.6. The van der Waals surface area contributed by atoms with Crippen LogP contribution in [0.15, 0.2) is 90.5 Å². The van der Waals surface area contributed by atoms with Gasteiger partial charge in [-0.2, -0.15) is 4.98 Å². The molecule has 4 aliphatic heterocycles. The molecule has 1 spiro atoms. The number of sulfonamides is 1.